The molecule has 0 saturated heterocycles. The maximum atomic E-state index is 12.7. The first-order chi connectivity index (χ1) is 12.4. The molecule has 0 aliphatic carbocycles. The molecule has 0 radical (unpaired) electrons. The number of Topliss-reactive ketones (excluding diaryl/α,β-unsaturated/α-hetero) is 1. The van der Waals surface area contributed by atoms with Gasteiger partial charge in [-0.3, -0.25) is 4.79 Å². The number of fused-ring (bicyclic) bond motifs is 1. The summed E-state index contributed by atoms with van der Waals surface area (Å²) in [5.74, 6) is 0.0430. The molecular formula is C20H19N5O. The first-order valence-electron chi connectivity index (χ1n) is 8.41. The number of hydrogen-bond donors (Lipinski definition) is 2. The number of aromatic amines is 2. The maximum Gasteiger partial charge on any atom is 0.171 e. The molecule has 0 amide bonds. The molecule has 0 bridgehead atoms. The van der Waals surface area contributed by atoms with E-state index >= 15 is 0 Å². The van der Waals surface area contributed by atoms with Crippen molar-refractivity contribution in [3.05, 3.63) is 54.7 Å². The summed E-state index contributed by atoms with van der Waals surface area (Å²) >= 11 is 0. The second-order valence-corrected chi connectivity index (χ2v) is 7.28. The molecule has 0 saturated carbocycles. The Balaban J connectivity index is 1.81. The zero-order valence-electron chi connectivity index (χ0n) is 14.9. The zero-order chi connectivity index (χ0) is 18.3. The summed E-state index contributed by atoms with van der Waals surface area (Å²) in [7, 11) is 0. The molecule has 0 aliphatic rings. The van der Waals surface area contributed by atoms with Gasteiger partial charge in [-0.15, -0.1) is 0 Å². The highest BCUT2D eigenvalue weighted by Gasteiger charge is 2.26. The standard InChI is InChI=1S/C20H19N5O/c1-20(2,3)18(26)14-8-22-19-17(14)25-16(10-23-19)13-6-4-5-12(7-13)15-9-21-11-24-15/h4-11H,1-3H3,(H,21,24)(H,22,23). The second kappa shape index (κ2) is 5.91. The van der Waals surface area contributed by atoms with Gasteiger partial charge >= 0.3 is 0 Å². The Labute approximate surface area is 150 Å². The van der Waals surface area contributed by atoms with Gasteiger partial charge in [0.1, 0.15) is 5.52 Å². The molecule has 0 aliphatic heterocycles. The monoisotopic (exact) mass is 345 g/mol. The lowest BCUT2D eigenvalue weighted by atomic mass is 9.87. The van der Waals surface area contributed by atoms with Crippen molar-refractivity contribution in [2.24, 2.45) is 5.41 Å². The highest BCUT2D eigenvalue weighted by molar-refractivity contribution is 6.08. The molecular weight excluding hydrogens is 326 g/mol. The Morgan fingerprint density at radius 3 is 2.62 bits per heavy atom. The maximum absolute atomic E-state index is 12.7. The van der Waals surface area contributed by atoms with Crippen molar-refractivity contribution in [2.75, 3.05) is 0 Å². The molecule has 26 heavy (non-hydrogen) atoms. The Morgan fingerprint density at radius 2 is 1.88 bits per heavy atom. The van der Waals surface area contributed by atoms with Crippen LogP contribution in [0.2, 0.25) is 0 Å². The molecule has 3 aromatic heterocycles. The molecule has 3 heterocycles. The quantitative estimate of drug-likeness (QED) is 0.544. The van der Waals surface area contributed by atoms with Crippen molar-refractivity contribution in [2.45, 2.75) is 20.8 Å². The molecule has 0 spiro atoms. The second-order valence-electron chi connectivity index (χ2n) is 7.28. The van der Waals surface area contributed by atoms with E-state index in [0.29, 0.717) is 16.7 Å². The van der Waals surface area contributed by atoms with Crippen molar-refractivity contribution in [3.8, 4) is 22.5 Å². The summed E-state index contributed by atoms with van der Waals surface area (Å²) in [6, 6.07) is 7.98. The Kier molecular flexibility index (Phi) is 3.68. The van der Waals surface area contributed by atoms with Crippen LogP contribution in [0.3, 0.4) is 0 Å². The fourth-order valence-electron chi connectivity index (χ4n) is 2.87. The van der Waals surface area contributed by atoms with Gasteiger partial charge in [-0.2, -0.15) is 0 Å². The van der Waals surface area contributed by atoms with E-state index in [-0.39, 0.29) is 5.78 Å². The minimum Gasteiger partial charge on any atom is -0.345 e. The smallest absolute Gasteiger partial charge is 0.171 e. The van der Waals surface area contributed by atoms with Crippen molar-refractivity contribution >= 4 is 16.9 Å². The lowest BCUT2D eigenvalue weighted by Gasteiger charge is -2.15. The van der Waals surface area contributed by atoms with Crippen molar-refractivity contribution < 1.29 is 4.79 Å². The minimum absolute atomic E-state index is 0.0430. The number of imidazole rings is 1. The summed E-state index contributed by atoms with van der Waals surface area (Å²) in [4.78, 5) is 32.1. The van der Waals surface area contributed by atoms with Crippen LogP contribution in [0.1, 0.15) is 31.1 Å². The SMILES string of the molecule is CC(C)(C)C(=O)c1c[nH]c2ncc(-c3cccc(-c4cnc[nH]4)c3)nc12. The molecule has 0 atom stereocenters. The zero-order valence-corrected chi connectivity index (χ0v) is 14.9. The van der Waals surface area contributed by atoms with Crippen molar-refractivity contribution in [3.63, 3.8) is 0 Å². The topological polar surface area (TPSA) is 87.3 Å². The van der Waals surface area contributed by atoms with Gasteiger partial charge in [0.25, 0.3) is 0 Å². The van der Waals surface area contributed by atoms with Gasteiger partial charge in [-0.25, -0.2) is 15.0 Å². The van der Waals surface area contributed by atoms with E-state index in [2.05, 4.69) is 19.9 Å². The van der Waals surface area contributed by atoms with Gasteiger partial charge in [-0.05, 0) is 6.07 Å². The molecule has 1 aromatic carbocycles. The molecule has 4 rings (SSSR count). The van der Waals surface area contributed by atoms with E-state index < -0.39 is 5.41 Å². The average Bonchev–Trinajstić information content (AvgIpc) is 3.29. The summed E-state index contributed by atoms with van der Waals surface area (Å²) in [6.45, 7) is 5.71. The van der Waals surface area contributed by atoms with Crippen LogP contribution < -0.4 is 0 Å². The summed E-state index contributed by atoms with van der Waals surface area (Å²) in [6.07, 6.45) is 6.84. The molecule has 2 N–H and O–H groups in total. The largest absolute Gasteiger partial charge is 0.345 e. The van der Waals surface area contributed by atoms with Crippen LogP contribution in [0.15, 0.2) is 49.2 Å². The first kappa shape index (κ1) is 16.2. The Hall–Kier alpha value is -3.28. The molecule has 130 valence electrons. The number of hydrogen-bond acceptors (Lipinski definition) is 4. The van der Waals surface area contributed by atoms with Crippen LogP contribution in [-0.4, -0.2) is 30.7 Å². The molecule has 6 heteroatoms. The van der Waals surface area contributed by atoms with Gasteiger partial charge in [-0.1, -0.05) is 39.0 Å². The summed E-state index contributed by atoms with van der Waals surface area (Å²) in [5, 5.41) is 0. The fourth-order valence-corrected chi connectivity index (χ4v) is 2.87. The van der Waals surface area contributed by atoms with E-state index in [9.17, 15) is 4.79 Å². The molecule has 4 aromatic rings. The number of nitrogens with one attached hydrogen (secondary N) is 2. The van der Waals surface area contributed by atoms with Crippen molar-refractivity contribution in [1.29, 1.82) is 0 Å². The number of carbonyl (C=O) groups is 1. The molecule has 0 unspecified atom stereocenters. The fraction of sp³-hybridized carbons (Fsp3) is 0.200. The van der Waals surface area contributed by atoms with Crippen molar-refractivity contribution in [1.82, 2.24) is 24.9 Å². The third-order valence-electron chi connectivity index (χ3n) is 4.27. The Morgan fingerprint density at radius 1 is 1.08 bits per heavy atom. The number of aromatic nitrogens is 5. The van der Waals surface area contributed by atoms with Gasteiger partial charge in [0.2, 0.25) is 0 Å². The highest BCUT2D eigenvalue weighted by atomic mass is 16.1. The third kappa shape index (κ3) is 2.79. The van der Waals surface area contributed by atoms with E-state index in [1.807, 2.05) is 45.0 Å². The summed E-state index contributed by atoms with van der Waals surface area (Å²) in [5.41, 5.74) is 4.93. The average molecular weight is 345 g/mol. The lowest BCUT2D eigenvalue weighted by molar-refractivity contribution is 0.0860. The van der Waals surface area contributed by atoms with Crippen LogP contribution in [0.4, 0.5) is 0 Å². The van der Waals surface area contributed by atoms with E-state index in [0.717, 1.165) is 22.5 Å². The van der Waals surface area contributed by atoms with E-state index in [1.54, 1.807) is 24.9 Å². The number of rotatable bonds is 3. The first-order valence-corrected chi connectivity index (χ1v) is 8.41. The Bertz CT molecular complexity index is 1090. The van der Waals surface area contributed by atoms with Crippen LogP contribution in [0.25, 0.3) is 33.7 Å². The van der Waals surface area contributed by atoms with Gasteiger partial charge in [0.05, 0.1) is 35.7 Å². The van der Waals surface area contributed by atoms with E-state index in [4.69, 9.17) is 4.98 Å². The number of ketones is 1. The van der Waals surface area contributed by atoms with Gasteiger partial charge in [0, 0.05) is 22.7 Å². The lowest BCUT2D eigenvalue weighted by Crippen LogP contribution is -2.20. The number of nitrogens with zero attached hydrogens (tertiary/aromatic N) is 3. The highest BCUT2D eigenvalue weighted by Crippen LogP contribution is 2.28. The van der Waals surface area contributed by atoms with Crippen LogP contribution in [-0.2, 0) is 0 Å². The molecule has 6 nitrogen and oxygen atoms in total. The number of benzene rings is 1. The minimum atomic E-state index is -0.479. The summed E-state index contributed by atoms with van der Waals surface area (Å²) < 4.78 is 0. The van der Waals surface area contributed by atoms with Gasteiger partial charge in [0.15, 0.2) is 11.4 Å². The van der Waals surface area contributed by atoms with Crippen LogP contribution >= 0.6 is 0 Å². The van der Waals surface area contributed by atoms with E-state index in [1.165, 1.54) is 0 Å². The van der Waals surface area contributed by atoms with Crippen LogP contribution in [0.5, 0.6) is 0 Å². The third-order valence-corrected chi connectivity index (χ3v) is 4.27. The number of H-pyrrole nitrogens is 2. The number of carbonyl (C=O) groups excluding carboxylic acids is 1. The van der Waals surface area contributed by atoms with Gasteiger partial charge < -0.3 is 9.97 Å². The van der Waals surface area contributed by atoms with Crippen LogP contribution in [0, 0.1) is 5.41 Å². The predicted octanol–water partition coefficient (Wildman–Crippen LogP) is 4.24. The predicted molar refractivity (Wildman–Crippen MR) is 101 cm³/mol. The molecule has 0 fully saturated rings. The normalized spacial score (nSPS) is 11.8.